The Morgan fingerprint density at radius 1 is 1.60 bits per heavy atom. The summed E-state index contributed by atoms with van der Waals surface area (Å²) in [6.45, 7) is 0. The molecular weight excluding hydrogens is 115 g/mol. The Bertz CT molecular complexity index is 33.8. The fourth-order valence-electron chi connectivity index (χ4n) is 0. The molecule has 0 saturated heterocycles. The van der Waals surface area contributed by atoms with E-state index in [9.17, 15) is 0 Å². The van der Waals surface area contributed by atoms with E-state index in [2.05, 4.69) is 0 Å². The first-order chi connectivity index (χ1) is 1.73. The molecule has 3 nitrogen and oxygen atoms in total. The molecule has 0 rings (SSSR count). The van der Waals surface area contributed by atoms with Crippen LogP contribution in [0.15, 0.2) is 0 Å². The average molecular weight is 116 g/mol. The molecule has 0 spiro atoms. The van der Waals surface area contributed by atoms with Crippen LogP contribution in [0.5, 0.6) is 0 Å². The third-order valence-corrected chi connectivity index (χ3v) is 0. The van der Waals surface area contributed by atoms with Gasteiger partial charge in [-0.2, -0.15) is 0 Å². The van der Waals surface area contributed by atoms with Gasteiger partial charge in [0.15, 0.2) is 0 Å². The van der Waals surface area contributed by atoms with E-state index in [0.717, 1.165) is 0 Å². The van der Waals surface area contributed by atoms with Crippen molar-refractivity contribution in [2.24, 2.45) is 0 Å². The van der Waals surface area contributed by atoms with Crippen LogP contribution in [0.25, 0.3) is 0 Å². The summed E-state index contributed by atoms with van der Waals surface area (Å²) in [4.78, 5) is 17.0. The standard InChI is InChI=1S/K.O3Si/c;1-4(2)3/q+1;-2/p+1. The normalized spacial score (nSPS) is 4.80. The second kappa shape index (κ2) is 5.25. The van der Waals surface area contributed by atoms with Gasteiger partial charge in [-0.25, -0.2) is 0 Å². The van der Waals surface area contributed by atoms with Crippen LogP contribution < -0.4 is 61.0 Å². The molecule has 0 N–H and O–H groups in total. The maximum absolute atomic E-state index is 8.52. The van der Waals surface area contributed by atoms with Gasteiger partial charge in [0.05, 0.1) is 0 Å². The second-order valence-electron chi connectivity index (χ2n) is 0.250. The number of rotatable bonds is 0. The van der Waals surface area contributed by atoms with Gasteiger partial charge in [-0.15, -0.1) is 0 Å². The largest absolute Gasteiger partial charge is 1.00 e. The summed E-state index contributed by atoms with van der Waals surface area (Å²) in [6, 6.07) is 0. The fourth-order valence-corrected chi connectivity index (χ4v) is 0. The number of hydrogen-bond donors (Lipinski definition) is 0. The van der Waals surface area contributed by atoms with Crippen LogP contribution in [0.1, 0.15) is 1.43 Å². The summed E-state index contributed by atoms with van der Waals surface area (Å²) in [7, 11) is -3.63. The number of hydrogen-bond acceptors (Lipinski definition) is 3. The average Bonchev–Trinajstić information content (AvgIpc) is 0.811. The Morgan fingerprint density at radius 2 is 1.60 bits per heavy atom. The molecule has 0 aliphatic carbocycles. The van der Waals surface area contributed by atoms with E-state index in [0.29, 0.717) is 0 Å². The van der Waals surface area contributed by atoms with Gasteiger partial charge in [0, 0.05) is 9.17 Å². The van der Waals surface area contributed by atoms with Crippen molar-refractivity contribution < 1.29 is 66.9 Å². The van der Waals surface area contributed by atoms with Crippen molar-refractivity contribution in [1.82, 2.24) is 0 Å². The molecule has 0 heterocycles. The molecule has 5 heteroatoms. The zero-order valence-electron chi connectivity index (χ0n) is 3.72. The summed E-state index contributed by atoms with van der Waals surface area (Å²) in [5.74, 6) is 0. The molecule has 0 saturated carbocycles. The molecule has 0 radical (unpaired) electrons. The van der Waals surface area contributed by atoms with E-state index in [1.54, 1.807) is 0 Å². The summed E-state index contributed by atoms with van der Waals surface area (Å²) in [5, 5.41) is 0. The minimum absolute atomic E-state index is 0. The third kappa shape index (κ3) is 35.4. The summed E-state index contributed by atoms with van der Waals surface area (Å²) >= 11 is 0. The topological polar surface area (TPSA) is 63.2 Å². The molecular formula is HKO3Si. The molecule has 0 aromatic carbocycles. The van der Waals surface area contributed by atoms with Gasteiger partial charge in [-0.05, 0) is 0 Å². The maximum Gasteiger partial charge on any atom is 1.00 e. The predicted octanol–water partition coefficient (Wildman–Crippen LogP) is -5.76. The molecule has 0 aromatic heterocycles. The van der Waals surface area contributed by atoms with Gasteiger partial charge in [-0.1, -0.05) is 0 Å². The van der Waals surface area contributed by atoms with E-state index in [4.69, 9.17) is 14.1 Å². The van der Waals surface area contributed by atoms with Crippen molar-refractivity contribution in [3.05, 3.63) is 0 Å². The summed E-state index contributed by atoms with van der Waals surface area (Å²) < 4.78 is 8.52. The van der Waals surface area contributed by atoms with E-state index < -0.39 is 9.17 Å². The monoisotopic (exact) mass is 116 g/mol. The van der Waals surface area contributed by atoms with Crippen molar-refractivity contribution in [2.45, 2.75) is 0 Å². The molecule has 0 atom stereocenters. The Balaban J connectivity index is -0.0000000450. The van der Waals surface area contributed by atoms with Gasteiger partial charge < -0.3 is 14.1 Å². The molecule has 5 heavy (non-hydrogen) atoms. The van der Waals surface area contributed by atoms with Gasteiger partial charge in [0.1, 0.15) is 0 Å². The van der Waals surface area contributed by atoms with Gasteiger partial charge in [0.25, 0.3) is 0 Å². The van der Waals surface area contributed by atoms with Gasteiger partial charge in [-0.3, -0.25) is 0 Å². The quantitative estimate of drug-likeness (QED) is 0.296. The Labute approximate surface area is 74.8 Å². The van der Waals surface area contributed by atoms with E-state index in [-0.39, 0.29) is 52.8 Å². The Morgan fingerprint density at radius 3 is 1.60 bits per heavy atom. The first kappa shape index (κ1) is 9.54. The SMILES string of the molecule is O=[Si]([O-])[O-].[H+].[K+]. The van der Waals surface area contributed by atoms with Crippen molar-refractivity contribution in [3.63, 3.8) is 0 Å². The smallest absolute Gasteiger partial charge is 0.672 e. The minimum atomic E-state index is -3.63. The van der Waals surface area contributed by atoms with Crippen LogP contribution in [0.3, 0.4) is 0 Å². The Hall–Kier alpha value is 1.25. The first-order valence-corrected chi connectivity index (χ1v) is 1.84. The molecule has 0 unspecified atom stereocenters. The maximum atomic E-state index is 8.52. The van der Waals surface area contributed by atoms with E-state index >= 15 is 0 Å². The van der Waals surface area contributed by atoms with Crippen LogP contribution in [0.4, 0.5) is 0 Å². The molecule has 0 fully saturated rings. The molecule has 0 amide bonds. The fraction of sp³-hybridized carbons (Fsp3) is 0. The Kier molecular flexibility index (Phi) is 10.0. The van der Waals surface area contributed by atoms with Crippen molar-refractivity contribution in [3.8, 4) is 0 Å². The van der Waals surface area contributed by atoms with Crippen LogP contribution in [0, 0.1) is 0 Å². The van der Waals surface area contributed by atoms with Gasteiger partial charge >= 0.3 is 52.8 Å². The third-order valence-electron chi connectivity index (χ3n) is 0. The zero-order chi connectivity index (χ0) is 3.58. The van der Waals surface area contributed by atoms with Crippen molar-refractivity contribution in [2.75, 3.05) is 0 Å². The van der Waals surface area contributed by atoms with E-state index in [1.165, 1.54) is 0 Å². The molecule has 24 valence electrons. The predicted molar refractivity (Wildman–Crippen MR) is 7.55 cm³/mol. The van der Waals surface area contributed by atoms with E-state index in [1.807, 2.05) is 0 Å². The van der Waals surface area contributed by atoms with Crippen LogP contribution >= 0.6 is 0 Å². The minimum Gasteiger partial charge on any atom is -0.672 e. The second-order valence-corrected chi connectivity index (χ2v) is 0.750. The molecule has 0 aliphatic heterocycles. The van der Waals surface area contributed by atoms with Gasteiger partial charge in [0.2, 0.25) is 0 Å². The van der Waals surface area contributed by atoms with Crippen molar-refractivity contribution >= 4 is 9.17 Å². The zero-order valence-corrected chi connectivity index (χ0v) is 6.85. The molecule has 0 aliphatic rings. The summed E-state index contributed by atoms with van der Waals surface area (Å²) in [6.07, 6.45) is 0. The first-order valence-electron chi connectivity index (χ1n) is 0.612. The van der Waals surface area contributed by atoms with Crippen LogP contribution in [-0.4, -0.2) is 9.17 Å². The molecule has 0 bridgehead atoms. The molecule has 0 aromatic rings. The van der Waals surface area contributed by atoms with Crippen LogP contribution in [-0.2, 0) is 4.46 Å². The van der Waals surface area contributed by atoms with Crippen LogP contribution in [0.2, 0.25) is 0 Å². The summed E-state index contributed by atoms with van der Waals surface area (Å²) in [5.41, 5.74) is 0. The van der Waals surface area contributed by atoms with Crippen molar-refractivity contribution in [1.29, 1.82) is 0 Å².